The summed E-state index contributed by atoms with van der Waals surface area (Å²) in [6.45, 7) is 3.63. The fourth-order valence-corrected chi connectivity index (χ4v) is 3.86. The van der Waals surface area contributed by atoms with E-state index in [-0.39, 0.29) is 18.7 Å². The number of carbonyl (C=O) groups is 1. The van der Waals surface area contributed by atoms with Crippen LogP contribution in [0.15, 0.2) is 12.1 Å². The van der Waals surface area contributed by atoms with Crippen molar-refractivity contribution >= 4 is 51.2 Å². The van der Waals surface area contributed by atoms with Crippen LogP contribution in [0.3, 0.4) is 0 Å². The normalized spacial score (nSPS) is 14.4. The van der Waals surface area contributed by atoms with Crippen LogP contribution < -0.4 is 5.32 Å². The minimum Gasteiger partial charge on any atom is -0.506 e. The van der Waals surface area contributed by atoms with Crippen molar-refractivity contribution in [3.05, 3.63) is 24.8 Å². The van der Waals surface area contributed by atoms with Crippen LogP contribution in [0.5, 0.6) is 5.75 Å². The molecule has 1 aromatic rings. The lowest BCUT2D eigenvalue weighted by molar-refractivity contribution is -0.139. The van der Waals surface area contributed by atoms with Gasteiger partial charge in [0.1, 0.15) is 17.4 Å². The van der Waals surface area contributed by atoms with Gasteiger partial charge in [0.15, 0.2) is 0 Å². The largest absolute Gasteiger partial charge is 0.506 e. The molecule has 0 saturated carbocycles. The molecule has 0 amide bonds. The molecule has 0 fully saturated rings. The Balaban J connectivity index is 2.79. The number of aliphatic hydroxyl groups is 1. The van der Waals surface area contributed by atoms with Gasteiger partial charge in [0, 0.05) is 13.0 Å². The molecule has 0 aliphatic heterocycles. The monoisotopic (exact) mass is 557 g/mol. The van der Waals surface area contributed by atoms with E-state index in [0.717, 1.165) is 12.0 Å². The van der Waals surface area contributed by atoms with E-state index in [1.165, 1.54) is 0 Å². The zero-order valence-electron chi connectivity index (χ0n) is 13.6. The van der Waals surface area contributed by atoms with Gasteiger partial charge in [-0.25, -0.2) is 0 Å². The topological polar surface area (TPSA) is 89.8 Å². The number of halogens is 2. The van der Waals surface area contributed by atoms with Crippen molar-refractivity contribution in [3.8, 4) is 17.6 Å². The number of benzene rings is 1. The molecule has 7 heteroatoms. The molecule has 0 aliphatic rings. The highest BCUT2D eigenvalue weighted by Gasteiger charge is 2.24. The molecule has 4 N–H and O–H groups in total. The Bertz CT molecular complexity index is 627. The summed E-state index contributed by atoms with van der Waals surface area (Å²) in [7, 11) is 0. The quantitative estimate of drug-likeness (QED) is 0.306. The van der Waals surface area contributed by atoms with E-state index in [0.29, 0.717) is 13.6 Å². The van der Waals surface area contributed by atoms with Crippen molar-refractivity contribution in [2.45, 2.75) is 44.8 Å². The number of hydrogen-bond donors (Lipinski definition) is 4. The van der Waals surface area contributed by atoms with Gasteiger partial charge in [0.05, 0.1) is 7.14 Å². The molecular formula is C17H21I2NO4. The van der Waals surface area contributed by atoms with E-state index in [2.05, 4.69) is 17.2 Å². The molecule has 5 nitrogen and oxygen atoms in total. The van der Waals surface area contributed by atoms with Gasteiger partial charge in [-0.15, -0.1) is 5.92 Å². The number of nitrogens with one attached hydrogen (secondary N) is 1. The summed E-state index contributed by atoms with van der Waals surface area (Å²) >= 11 is 4.02. The van der Waals surface area contributed by atoms with Gasteiger partial charge in [-0.3, -0.25) is 4.79 Å². The predicted octanol–water partition coefficient (Wildman–Crippen LogP) is 2.74. The molecule has 2 unspecified atom stereocenters. The summed E-state index contributed by atoms with van der Waals surface area (Å²) in [5.74, 6) is 4.85. The molecule has 0 bridgehead atoms. The van der Waals surface area contributed by atoms with Crippen molar-refractivity contribution in [2.24, 2.45) is 0 Å². The van der Waals surface area contributed by atoms with Crippen LogP contribution in [-0.4, -0.2) is 39.5 Å². The average Bonchev–Trinajstić information content (AvgIpc) is 2.48. The summed E-state index contributed by atoms with van der Waals surface area (Å²) in [6.07, 6.45) is 1.86. The average molecular weight is 557 g/mol. The second-order valence-electron chi connectivity index (χ2n) is 5.71. The Hall–Kier alpha value is -0.570. The first-order valence-corrected chi connectivity index (χ1v) is 9.67. The minimum atomic E-state index is -1.28. The van der Waals surface area contributed by atoms with Crippen molar-refractivity contribution in [1.82, 2.24) is 5.32 Å². The van der Waals surface area contributed by atoms with Gasteiger partial charge in [-0.2, -0.15) is 0 Å². The number of carboxylic acid groups (broad SMARTS) is 1. The number of aliphatic carboxylic acids is 1. The minimum absolute atomic E-state index is 0.0624. The summed E-state index contributed by atoms with van der Waals surface area (Å²) in [5.41, 5.74) is -0.473. The number of phenolic OH excluding ortho intramolecular Hbond substituents is 1. The van der Waals surface area contributed by atoms with Gasteiger partial charge >= 0.3 is 5.97 Å². The fraction of sp³-hybridized carbons (Fsp3) is 0.471. The summed E-state index contributed by atoms with van der Waals surface area (Å²) in [6, 6.07) is 2.67. The van der Waals surface area contributed by atoms with Crippen LogP contribution in [-0.2, 0) is 11.2 Å². The van der Waals surface area contributed by atoms with Crippen LogP contribution in [0.4, 0.5) is 0 Å². The molecular weight excluding hydrogens is 536 g/mol. The van der Waals surface area contributed by atoms with E-state index in [1.54, 1.807) is 19.1 Å². The van der Waals surface area contributed by atoms with Crippen LogP contribution in [0, 0.1) is 19.0 Å². The van der Waals surface area contributed by atoms with E-state index in [9.17, 15) is 20.1 Å². The highest BCUT2D eigenvalue weighted by Crippen LogP contribution is 2.27. The van der Waals surface area contributed by atoms with Crippen molar-refractivity contribution in [2.75, 3.05) is 6.54 Å². The third-order valence-electron chi connectivity index (χ3n) is 3.24. The summed E-state index contributed by atoms with van der Waals surface area (Å²) in [4.78, 5) is 11.5. The second kappa shape index (κ2) is 9.79. The van der Waals surface area contributed by atoms with E-state index >= 15 is 0 Å². The molecule has 0 heterocycles. The molecule has 2 atom stereocenters. The maximum atomic E-state index is 11.5. The maximum absolute atomic E-state index is 11.5. The SMILES string of the molecule is CCCC#CC(C)(O)CNC(Cc1cc(I)c(O)c(I)c1)C(=O)O. The molecule has 1 rings (SSSR count). The maximum Gasteiger partial charge on any atom is 0.321 e. The molecule has 132 valence electrons. The number of rotatable bonds is 7. The lowest BCUT2D eigenvalue weighted by Crippen LogP contribution is -2.46. The lowest BCUT2D eigenvalue weighted by Gasteiger charge is -2.21. The Morgan fingerprint density at radius 2 is 1.96 bits per heavy atom. The second-order valence-corrected chi connectivity index (χ2v) is 8.03. The van der Waals surface area contributed by atoms with Crippen LogP contribution >= 0.6 is 45.2 Å². The number of aromatic hydroxyl groups is 1. The Morgan fingerprint density at radius 3 is 2.46 bits per heavy atom. The van der Waals surface area contributed by atoms with Crippen molar-refractivity contribution < 1.29 is 20.1 Å². The smallest absolute Gasteiger partial charge is 0.321 e. The van der Waals surface area contributed by atoms with Gasteiger partial charge in [-0.1, -0.05) is 12.8 Å². The fourth-order valence-electron chi connectivity index (χ4n) is 1.96. The molecule has 0 aromatic heterocycles. The third kappa shape index (κ3) is 7.13. The van der Waals surface area contributed by atoms with Gasteiger partial charge < -0.3 is 20.6 Å². The van der Waals surface area contributed by atoms with E-state index < -0.39 is 17.6 Å². The van der Waals surface area contributed by atoms with Gasteiger partial charge in [0.2, 0.25) is 0 Å². The first-order chi connectivity index (χ1) is 11.2. The lowest BCUT2D eigenvalue weighted by atomic mass is 10.0. The van der Waals surface area contributed by atoms with Crippen LogP contribution in [0.2, 0.25) is 0 Å². The molecule has 0 saturated heterocycles. The van der Waals surface area contributed by atoms with Crippen molar-refractivity contribution in [1.29, 1.82) is 0 Å². The Kier molecular flexibility index (Phi) is 8.76. The van der Waals surface area contributed by atoms with Gasteiger partial charge in [-0.05, 0) is 82.6 Å². The van der Waals surface area contributed by atoms with E-state index in [4.69, 9.17) is 0 Å². The molecule has 0 radical (unpaired) electrons. The van der Waals surface area contributed by atoms with E-state index in [1.807, 2.05) is 52.1 Å². The molecule has 0 spiro atoms. The molecule has 1 aromatic carbocycles. The Labute approximate surface area is 169 Å². The zero-order chi connectivity index (χ0) is 18.3. The highest BCUT2D eigenvalue weighted by molar-refractivity contribution is 14.1. The first-order valence-electron chi connectivity index (χ1n) is 7.51. The number of carboxylic acids is 1. The summed E-state index contributed by atoms with van der Waals surface area (Å²) < 4.78 is 1.35. The van der Waals surface area contributed by atoms with Gasteiger partial charge in [0.25, 0.3) is 0 Å². The number of unbranched alkanes of at least 4 members (excludes halogenated alkanes) is 1. The Morgan fingerprint density at radius 1 is 1.38 bits per heavy atom. The third-order valence-corrected chi connectivity index (χ3v) is 4.88. The molecule has 0 aliphatic carbocycles. The van der Waals surface area contributed by atoms with Crippen molar-refractivity contribution in [3.63, 3.8) is 0 Å². The predicted molar refractivity (Wildman–Crippen MR) is 110 cm³/mol. The first kappa shape index (κ1) is 21.5. The number of hydrogen-bond acceptors (Lipinski definition) is 4. The molecule has 24 heavy (non-hydrogen) atoms. The highest BCUT2D eigenvalue weighted by atomic mass is 127. The van der Waals surface area contributed by atoms with Crippen LogP contribution in [0.25, 0.3) is 0 Å². The standard InChI is InChI=1S/C17H21I2NO4/c1-3-4-5-6-17(2,24)10-20-14(16(22)23)9-11-7-12(18)15(21)13(19)8-11/h7-8,14,20-21,24H,3-4,9-10H2,1-2H3,(H,22,23). The summed E-state index contributed by atoms with van der Waals surface area (Å²) in [5, 5.41) is 32.3. The number of phenols is 1. The van der Waals surface area contributed by atoms with Crippen LogP contribution in [0.1, 0.15) is 32.3 Å². The zero-order valence-corrected chi connectivity index (χ0v) is 17.9.